The summed E-state index contributed by atoms with van der Waals surface area (Å²) in [5.74, 6) is -0.292. The number of likely N-dealkylation sites (tertiary alicyclic amines) is 1. The van der Waals surface area contributed by atoms with Gasteiger partial charge in [0.15, 0.2) is 0 Å². The van der Waals surface area contributed by atoms with Crippen LogP contribution in [-0.4, -0.2) is 52.7 Å². The molecule has 1 aromatic rings. The number of nitrogens with one attached hydrogen (secondary N) is 1. The lowest BCUT2D eigenvalue weighted by molar-refractivity contribution is -0.154. The van der Waals surface area contributed by atoms with Gasteiger partial charge in [-0.25, -0.2) is 0 Å². The van der Waals surface area contributed by atoms with Gasteiger partial charge in [0.25, 0.3) is 0 Å². The van der Waals surface area contributed by atoms with E-state index in [1.54, 1.807) is 17.0 Å². The number of piperidine rings is 2. The van der Waals surface area contributed by atoms with Gasteiger partial charge < -0.3 is 20.4 Å². The SMILES string of the molecule is O=C(Cc1ccc(O)c(Cl)c1)N1CC[C@H](O)[C@@]2(CCCNC2=O)C1. The minimum absolute atomic E-state index is 0.0215. The first-order valence-electron chi connectivity index (χ1n) is 8.14. The summed E-state index contributed by atoms with van der Waals surface area (Å²) >= 11 is 5.88. The number of phenolic OH excluding ortho intramolecular Hbond substituents is 1. The summed E-state index contributed by atoms with van der Waals surface area (Å²) in [4.78, 5) is 26.6. The average molecular weight is 353 g/mol. The van der Waals surface area contributed by atoms with Crippen molar-refractivity contribution in [1.29, 1.82) is 0 Å². The second-order valence-corrected chi connectivity index (χ2v) is 7.01. The molecule has 0 unspecified atom stereocenters. The largest absolute Gasteiger partial charge is 0.506 e. The predicted molar refractivity (Wildman–Crippen MR) is 88.7 cm³/mol. The van der Waals surface area contributed by atoms with Crippen LogP contribution in [0.25, 0.3) is 0 Å². The van der Waals surface area contributed by atoms with E-state index in [0.717, 1.165) is 6.42 Å². The van der Waals surface area contributed by atoms with Crippen LogP contribution in [0.15, 0.2) is 18.2 Å². The van der Waals surface area contributed by atoms with Crippen molar-refractivity contribution in [3.8, 4) is 5.75 Å². The zero-order chi connectivity index (χ0) is 17.3. The Morgan fingerprint density at radius 3 is 2.96 bits per heavy atom. The number of amides is 2. The molecule has 6 nitrogen and oxygen atoms in total. The van der Waals surface area contributed by atoms with Gasteiger partial charge in [0, 0.05) is 19.6 Å². The van der Waals surface area contributed by atoms with E-state index in [0.29, 0.717) is 31.5 Å². The lowest BCUT2D eigenvalue weighted by Gasteiger charge is -2.46. The fraction of sp³-hybridized carbons (Fsp3) is 0.529. The van der Waals surface area contributed by atoms with Gasteiger partial charge >= 0.3 is 0 Å². The van der Waals surface area contributed by atoms with Gasteiger partial charge in [-0.15, -0.1) is 0 Å². The van der Waals surface area contributed by atoms with Gasteiger partial charge in [0.2, 0.25) is 11.8 Å². The maximum absolute atomic E-state index is 12.6. The van der Waals surface area contributed by atoms with E-state index in [9.17, 15) is 19.8 Å². The van der Waals surface area contributed by atoms with Crippen LogP contribution < -0.4 is 5.32 Å². The molecule has 2 atom stereocenters. The molecule has 0 bridgehead atoms. The standard InChI is InChI=1S/C17H21ClN2O4/c18-12-8-11(2-3-13(12)21)9-15(23)20-7-4-14(22)17(10-20)5-1-6-19-16(17)24/h2-3,8,14,21-22H,1,4-7,9-10H2,(H,19,24)/t14-,17+/m0/s1. The fourth-order valence-corrected chi connectivity index (χ4v) is 3.81. The number of rotatable bonds is 2. The normalized spacial score (nSPS) is 27.2. The van der Waals surface area contributed by atoms with Gasteiger partial charge in [-0.3, -0.25) is 9.59 Å². The van der Waals surface area contributed by atoms with E-state index in [1.807, 2.05) is 0 Å². The van der Waals surface area contributed by atoms with Gasteiger partial charge in [-0.1, -0.05) is 17.7 Å². The summed E-state index contributed by atoms with van der Waals surface area (Å²) in [5, 5.41) is 22.8. The molecule has 1 spiro atoms. The summed E-state index contributed by atoms with van der Waals surface area (Å²) in [7, 11) is 0. The first kappa shape index (κ1) is 17.0. The van der Waals surface area contributed by atoms with Gasteiger partial charge in [0.05, 0.1) is 23.0 Å². The molecule has 7 heteroatoms. The monoisotopic (exact) mass is 352 g/mol. The molecule has 24 heavy (non-hydrogen) atoms. The van der Waals surface area contributed by atoms with Crippen LogP contribution in [0.5, 0.6) is 5.75 Å². The quantitative estimate of drug-likeness (QED) is 0.743. The maximum atomic E-state index is 12.6. The van der Waals surface area contributed by atoms with Crippen molar-refractivity contribution < 1.29 is 19.8 Å². The van der Waals surface area contributed by atoms with E-state index >= 15 is 0 Å². The van der Waals surface area contributed by atoms with Crippen LogP contribution in [-0.2, 0) is 16.0 Å². The highest BCUT2D eigenvalue weighted by atomic mass is 35.5. The summed E-state index contributed by atoms with van der Waals surface area (Å²) in [6, 6.07) is 4.68. The molecule has 3 rings (SSSR count). The summed E-state index contributed by atoms with van der Waals surface area (Å²) in [6.45, 7) is 1.29. The molecule has 2 saturated heterocycles. The minimum Gasteiger partial charge on any atom is -0.506 e. The number of nitrogens with zero attached hydrogens (tertiary/aromatic N) is 1. The second kappa shape index (κ2) is 6.61. The van der Waals surface area contributed by atoms with Crippen molar-refractivity contribution in [2.75, 3.05) is 19.6 Å². The highest BCUT2D eigenvalue weighted by Crippen LogP contribution is 2.37. The maximum Gasteiger partial charge on any atom is 0.230 e. The third-order valence-electron chi connectivity index (χ3n) is 5.04. The molecule has 130 valence electrons. The van der Waals surface area contributed by atoms with E-state index in [2.05, 4.69) is 5.32 Å². The van der Waals surface area contributed by atoms with Gasteiger partial charge in [-0.2, -0.15) is 0 Å². The number of hydrogen-bond acceptors (Lipinski definition) is 4. The summed E-state index contributed by atoms with van der Waals surface area (Å²) < 4.78 is 0. The van der Waals surface area contributed by atoms with Gasteiger partial charge in [-0.05, 0) is 37.0 Å². The Morgan fingerprint density at radius 1 is 1.46 bits per heavy atom. The highest BCUT2D eigenvalue weighted by Gasteiger charge is 2.50. The summed E-state index contributed by atoms with van der Waals surface area (Å²) in [5.41, 5.74) is -0.185. The van der Waals surface area contributed by atoms with Crippen molar-refractivity contribution in [3.63, 3.8) is 0 Å². The third-order valence-corrected chi connectivity index (χ3v) is 5.34. The minimum atomic E-state index is -0.890. The zero-order valence-electron chi connectivity index (χ0n) is 13.3. The average Bonchev–Trinajstić information content (AvgIpc) is 2.56. The van der Waals surface area contributed by atoms with Crippen molar-refractivity contribution in [3.05, 3.63) is 28.8 Å². The number of benzene rings is 1. The van der Waals surface area contributed by atoms with Crippen LogP contribution in [0.4, 0.5) is 0 Å². The number of halogens is 1. The van der Waals surface area contributed by atoms with Crippen LogP contribution in [0.3, 0.4) is 0 Å². The van der Waals surface area contributed by atoms with Crippen molar-refractivity contribution in [2.45, 2.75) is 31.8 Å². The molecular weight excluding hydrogens is 332 g/mol. The summed E-state index contributed by atoms with van der Waals surface area (Å²) in [6.07, 6.45) is 1.22. The van der Waals surface area contributed by atoms with Crippen molar-refractivity contribution >= 4 is 23.4 Å². The first-order chi connectivity index (χ1) is 11.4. The number of aliphatic hydroxyl groups is 1. The molecule has 2 heterocycles. The number of hydrogen-bond donors (Lipinski definition) is 3. The topological polar surface area (TPSA) is 89.9 Å². The molecule has 0 radical (unpaired) electrons. The van der Waals surface area contributed by atoms with Crippen LogP contribution in [0, 0.1) is 5.41 Å². The molecule has 2 aliphatic rings. The fourth-order valence-electron chi connectivity index (χ4n) is 3.60. The first-order valence-corrected chi connectivity index (χ1v) is 8.52. The molecule has 2 fully saturated rings. The van der Waals surface area contributed by atoms with E-state index in [1.165, 1.54) is 6.07 Å². The highest BCUT2D eigenvalue weighted by molar-refractivity contribution is 6.32. The molecule has 2 aliphatic heterocycles. The number of carbonyl (C=O) groups excluding carboxylic acids is 2. The Balaban J connectivity index is 1.73. The van der Waals surface area contributed by atoms with Crippen molar-refractivity contribution in [1.82, 2.24) is 10.2 Å². The molecule has 1 aromatic carbocycles. The molecule has 0 aromatic heterocycles. The van der Waals surface area contributed by atoms with E-state index in [4.69, 9.17) is 11.6 Å². The number of phenols is 1. The predicted octanol–water partition coefficient (Wildman–Crippen LogP) is 1.08. The Bertz CT molecular complexity index is 666. The van der Waals surface area contributed by atoms with Crippen LogP contribution in [0.1, 0.15) is 24.8 Å². The Kier molecular flexibility index (Phi) is 4.69. The third kappa shape index (κ3) is 3.08. The molecule has 0 aliphatic carbocycles. The Morgan fingerprint density at radius 2 is 2.25 bits per heavy atom. The number of aromatic hydroxyl groups is 1. The van der Waals surface area contributed by atoms with Crippen LogP contribution in [0.2, 0.25) is 5.02 Å². The lowest BCUT2D eigenvalue weighted by atomic mass is 9.71. The number of aliphatic hydroxyl groups excluding tert-OH is 1. The Hall–Kier alpha value is -1.79. The molecule has 2 amide bonds. The molecular formula is C17H21ClN2O4. The second-order valence-electron chi connectivity index (χ2n) is 6.60. The zero-order valence-corrected chi connectivity index (χ0v) is 14.1. The molecule has 3 N–H and O–H groups in total. The smallest absolute Gasteiger partial charge is 0.230 e. The molecule has 0 saturated carbocycles. The van der Waals surface area contributed by atoms with Gasteiger partial charge in [0.1, 0.15) is 5.75 Å². The van der Waals surface area contributed by atoms with E-state index < -0.39 is 11.5 Å². The van der Waals surface area contributed by atoms with Crippen molar-refractivity contribution in [2.24, 2.45) is 5.41 Å². The Labute approximate surface area is 145 Å². The lowest BCUT2D eigenvalue weighted by Crippen LogP contribution is -2.62. The van der Waals surface area contributed by atoms with Crippen LogP contribution >= 0.6 is 11.6 Å². The number of carbonyl (C=O) groups is 2. The van der Waals surface area contributed by atoms with E-state index in [-0.39, 0.29) is 35.6 Å².